The Morgan fingerprint density at radius 3 is 2.40 bits per heavy atom. The summed E-state index contributed by atoms with van der Waals surface area (Å²) in [6.45, 7) is 2.40. The van der Waals surface area contributed by atoms with Crippen molar-refractivity contribution in [3.8, 4) is 0 Å². The fourth-order valence-corrected chi connectivity index (χ4v) is 8.33. The van der Waals surface area contributed by atoms with Crippen LogP contribution in [0.4, 0.5) is 8.78 Å². The van der Waals surface area contributed by atoms with Crippen molar-refractivity contribution in [1.82, 2.24) is 20.0 Å². The van der Waals surface area contributed by atoms with E-state index >= 15 is 0 Å². The van der Waals surface area contributed by atoms with Crippen LogP contribution in [0.1, 0.15) is 53.8 Å². The van der Waals surface area contributed by atoms with Gasteiger partial charge in [0.1, 0.15) is 12.1 Å². The quantitative estimate of drug-likeness (QED) is 0.328. The second kappa shape index (κ2) is 13.1. The van der Waals surface area contributed by atoms with Gasteiger partial charge in [0.15, 0.2) is 0 Å². The summed E-state index contributed by atoms with van der Waals surface area (Å²) < 4.78 is 45.7. The summed E-state index contributed by atoms with van der Waals surface area (Å²) in [6.07, 6.45) is 1.96. The SMILES string of the molecule is O=C(N[C@H]1CCCCCC2[C@H](O)C[C@@H](C(=O)N3CC(C(=O)N4CCOCC4)C3)N2C1=O)c1cc2cc(C(F)(F)P(=O)(O)O)ccc2s1. The standard InChI is InChI=1S/C30H37F2N4O9PS/c31-30(32,46(42,43)44)19-6-7-24-17(12-19)13-25(47-24)26(38)33-20-4-2-1-3-5-21-23(37)14-22(36(21)28(20)40)29(41)35-15-18(16-35)27(39)34-8-10-45-11-9-34/h6-7,12-13,18,20-23,37H,1-5,8-11,14-16H2,(H,33,38)(H2,42,43,44)/t20-,21?,22-,23+/m0/s1. The van der Waals surface area contributed by atoms with Gasteiger partial charge in [-0.05, 0) is 36.4 Å². The first-order chi connectivity index (χ1) is 22.3. The summed E-state index contributed by atoms with van der Waals surface area (Å²) in [6, 6.07) is 1.82. The molecule has 1 aromatic heterocycles. The number of likely N-dealkylation sites (tertiary alicyclic amines) is 1. The lowest BCUT2D eigenvalue weighted by Crippen LogP contribution is -2.62. The molecular formula is C30H37F2N4O9PS. The van der Waals surface area contributed by atoms with Crippen molar-refractivity contribution >= 4 is 52.6 Å². The van der Waals surface area contributed by atoms with Crippen molar-refractivity contribution in [1.29, 1.82) is 0 Å². The molecule has 0 aliphatic carbocycles. The van der Waals surface area contributed by atoms with E-state index in [0.717, 1.165) is 29.9 Å². The molecule has 0 saturated carbocycles. The lowest BCUT2D eigenvalue weighted by Gasteiger charge is -2.43. The van der Waals surface area contributed by atoms with Gasteiger partial charge in [-0.25, -0.2) is 0 Å². The molecule has 1 aromatic carbocycles. The Balaban J connectivity index is 1.17. The number of morpholine rings is 1. The number of aliphatic hydroxyl groups excluding tert-OH is 1. The van der Waals surface area contributed by atoms with Gasteiger partial charge in [-0.3, -0.25) is 23.7 Å². The number of benzene rings is 1. The third-order valence-corrected chi connectivity index (χ3v) is 11.7. The van der Waals surface area contributed by atoms with Crippen molar-refractivity contribution in [2.24, 2.45) is 5.92 Å². The zero-order valence-corrected chi connectivity index (χ0v) is 27.1. The van der Waals surface area contributed by atoms with Gasteiger partial charge in [0, 0.05) is 42.9 Å². The molecule has 4 aliphatic rings. The highest BCUT2D eigenvalue weighted by atomic mass is 32.1. The third kappa shape index (κ3) is 6.55. The highest BCUT2D eigenvalue weighted by molar-refractivity contribution is 7.52. The number of hydrogen-bond acceptors (Lipinski definition) is 8. The number of amides is 4. The summed E-state index contributed by atoms with van der Waals surface area (Å²) in [5.41, 5.74) is -5.29. The van der Waals surface area contributed by atoms with Crippen LogP contribution < -0.4 is 5.32 Å². The fourth-order valence-electron chi connectivity index (χ4n) is 6.91. The molecule has 4 N–H and O–H groups in total. The van der Waals surface area contributed by atoms with Crippen LogP contribution in [0.15, 0.2) is 24.3 Å². The Bertz CT molecular complexity index is 1610. The lowest BCUT2D eigenvalue weighted by atomic mass is 9.96. The van der Waals surface area contributed by atoms with E-state index in [2.05, 4.69) is 5.32 Å². The second-order valence-corrected chi connectivity index (χ2v) is 15.4. The number of halogens is 2. The van der Waals surface area contributed by atoms with E-state index < -0.39 is 54.9 Å². The van der Waals surface area contributed by atoms with Crippen molar-refractivity contribution in [3.63, 3.8) is 0 Å². The Morgan fingerprint density at radius 1 is 1.00 bits per heavy atom. The van der Waals surface area contributed by atoms with E-state index in [1.54, 1.807) is 4.90 Å². The fraction of sp³-hybridized carbons (Fsp3) is 0.600. The van der Waals surface area contributed by atoms with Gasteiger partial charge in [0.25, 0.3) is 5.91 Å². The van der Waals surface area contributed by atoms with Crippen LogP contribution >= 0.6 is 18.9 Å². The molecule has 0 radical (unpaired) electrons. The minimum absolute atomic E-state index is 0.0313. The molecule has 47 heavy (non-hydrogen) atoms. The summed E-state index contributed by atoms with van der Waals surface area (Å²) in [4.78, 5) is 77.1. The molecule has 6 rings (SSSR count). The van der Waals surface area contributed by atoms with Crippen LogP contribution in [-0.4, -0.2) is 117 Å². The molecule has 4 aliphatic heterocycles. The number of ether oxygens (including phenoxy) is 1. The highest BCUT2D eigenvalue weighted by Crippen LogP contribution is 2.59. The van der Waals surface area contributed by atoms with Crippen LogP contribution in [0.3, 0.4) is 0 Å². The predicted molar refractivity (Wildman–Crippen MR) is 165 cm³/mol. The molecule has 256 valence electrons. The number of rotatable bonds is 6. The molecule has 13 nitrogen and oxygen atoms in total. The van der Waals surface area contributed by atoms with E-state index in [1.807, 2.05) is 0 Å². The van der Waals surface area contributed by atoms with Gasteiger partial charge in [0.05, 0.1) is 36.2 Å². The van der Waals surface area contributed by atoms with Crippen molar-refractivity contribution in [2.45, 2.75) is 68.4 Å². The zero-order valence-electron chi connectivity index (χ0n) is 25.4. The van der Waals surface area contributed by atoms with Crippen molar-refractivity contribution in [3.05, 3.63) is 34.7 Å². The summed E-state index contributed by atoms with van der Waals surface area (Å²) in [7, 11) is -5.78. The second-order valence-electron chi connectivity index (χ2n) is 12.6. The topological polar surface area (TPSA) is 177 Å². The maximum absolute atomic E-state index is 14.3. The first kappa shape index (κ1) is 33.9. The first-order valence-electron chi connectivity index (χ1n) is 15.7. The number of fused-ring (bicyclic) bond motifs is 2. The number of nitrogens with one attached hydrogen (secondary N) is 1. The van der Waals surface area contributed by atoms with Crippen LogP contribution in [-0.2, 0) is 29.3 Å². The Labute approximate surface area is 273 Å². The average molecular weight is 699 g/mol. The predicted octanol–water partition coefficient (Wildman–Crippen LogP) is 1.84. The summed E-state index contributed by atoms with van der Waals surface area (Å²) in [5.74, 6) is -1.85. The first-order valence-corrected chi connectivity index (χ1v) is 18.1. The molecule has 4 amide bonds. The molecule has 4 atom stereocenters. The van der Waals surface area contributed by atoms with Crippen LogP contribution in [0, 0.1) is 5.92 Å². The molecule has 5 heterocycles. The molecular weight excluding hydrogens is 661 g/mol. The maximum Gasteiger partial charge on any atom is 0.399 e. The molecule has 2 aromatic rings. The van der Waals surface area contributed by atoms with Gasteiger partial charge >= 0.3 is 13.3 Å². The minimum Gasteiger partial charge on any atom is -0.391 e. The number of thiophene rings is 1. The zero-order chi connectivity index (χ0) is 33.7. The summed E-state index contributed by atoms with van der Waals surface area (Å²) in [5, 5.41) is 13.9. The minimum atomic E-state index is -5.78. The van der Waals surface area contributed by atoms with Gasteiger partial charge in [-0.15, -0.1) is 11.3 Å². The summed E-state index contributed by atoms with van der Waals surface area (Å²) >= 11 is 0.973. The molecule has 0 spiro atoms. The molecule has 0 bridgehead atoms. The number of aliphatic hydroxyl groups is 1. The smallest absolute Gasteiger partial charge is 0.391 e. The number of nitrogens with zero attached hydrogens (tertiary/aromatic N) is 3. The van der Waals surface area contributed by atoms with E-state index in [-0.39, 0.29) is 53.9 Å². The molecule has 4 fully saturated rings. The van der Waals surface area contributed by atoms with Crippen LogP contribution in [0.5, 0.6) is 0 Å². The number of hydrogen-bond donors (Lipinski definition) is 4. The van der Waals surface area contributed by atoms with Gasteiger partial charge in [-0.1, -0.05) is 25.3 Å². The highest BCUT2D eigenvalue weighted by Gasteiger charge is 2.52. The molecule has 1 unspecified atom stereocenters. The Kier molecular flexibility index (Phi) is 9.46. The van der Waals surface area contributed by atoms with E-state index in [0.29, 0.717) is 50.3 Å². The molecule has 4 saturated heterocycles. The third-order valence-electron chi connectivity index (χ3n) is 9.56. The Hall–Kier alpha value is -3.01. The van der Waals surface area contributed by atoms with Crippen molar-refractivity contribution < 1.29 is 52.2 Å². The monoisotopic (exact) mass is 698 g/mol. The largest absolute Gasteiger partial charge is 0.399 e. The van der Waals surface area contributed by atoms with Crippen LogP contribution in [0.25, 0.3) is 10.1 Å². The van der Waals surface area contributed by atoms with Crippen LogP contribution in [0.2, 0.25) is 0 Å². The van der Waals surface area contributed by atoms with Gasteiger partial charge in [-0.2, -0.15) is 8.78 Å². The normalized spacial score (nSPS) is 26.3. The van der Waals surface area contributed by atoms with Gasteiger partial charge < -0.3 is 39.6 Å². The van der Waals surface area contributed by atoms with Gasteiger partial charge in [0.2, 0.25) is 17.7 Å². The number of carbonyl (C=O) groups excluding carboxylic acids is 4. The van der Waals surface area contributed by atoms with Crippen molar-refractivity contribution in [2.75, 3.05) is 39.4 Å². The maximum atomic E-state index is 14.3. The number of alkyl halides is 2. The molecule has 17 heteroatoms. The van der Waals surface area contributed by atoms with E-state index in [9.17, 15) is 37.6 Å². The van der Waals surface area contributed by atoms with E-state index in [4.69, 9.17) is 14.5 Å². The Morgan fingerprint density at radius 2 is 1.70 bits per heavy atom. The average Bonchev–Trinajstić information content (AvgIpc) is 3.60. The lowest BCUT2D eigenvalue weighted by molar-refractivity contribution is -0.156. The van der Waals surface area contributed by atoms with E-state index in [1.165, 1.54) is 21.9 Å². The number of carbonyl (C=O) groups is 4.